The highest BCUT2D eigenvalue weighted by atomic mass is 16.7. The van der Waals surface area contributed by atoms with Gasteiger partial charge in [0, 0.05) is 0 Å². The van der Waals surface area contributed by atoms with Crippen molar-refractivity contribution in [3.8, 4) is 0 Å². The van der Waals surface area contributed by atoms with E-state index in [9.17, 15) is 0 Å². The summed E-state index contributed by atoms with van der Waals surface area (Å²) in [5, 5.41) is 0. The Morgan fingerprint density at radius 2 is 0.408 bits per heavy atom. The van der Waals surface area contributed by atoms with Crippen LogP contribution in [0.2, 0.25) is 41.7 Å². The predicted octanol–water partition coefficient (Wildman–Crippen LogP) is 12.8. The van der Waals surface area contributed by atoms with Crippen LogP contribution in [-0.2, 0) is 65.2 Å². The Bertz CT molecular complexity index is 1950. The molecule has 76 heavy (non-hydrogen) atoms. The zero-order chi connectivity index (χ0) is 57.5. The maximum atomic E-state index is 7.19. The second kappa shape index (κ2) is 20.3. The molecule has 0 bridgehead atoms. The average Bonchev–Trinajstić information content (AvgIpc) is 3.93. The molecule has 0 aromatic carbocycles. The van der Waals surface area contributed by atoms with Crippen molar-refractivity contribution in [2.45, 2.75) is 353 Å². The summed E-state index contributed by atoms with van der Waals surface area (Å²) in [4.78, 5) is 0. The quantitative estimate of drug-likeness (QED) is 0.114. The first-order valence-corrected chi connectivity index (χ1v) is 29.5. The molecule has 7 rings (SSSR count). The van der Waals surface area contributed by atoms with E-state index in [-0.39, 0.29) is 36.2 Å². The van der Waals surface area contributed by atoms with Crippen LogP contribution in [0, 0.1) is 0 Å². The molecule has 7 saturated heterocycles. The third-order valence-corrected chi connectivity index (χ3v) is 21.8. The highest BCUT2D eigenvalue weighted by Crippen LogP contribution is 2.56. The van der Waals surface area contributed by atoms with Crippen molar-refractivity contribution < 1.29 is 65.2 Å². The summed E-state index contributed by atoms with van der Waals surface area (Å²) in [5.41, 5.74) is -7.61. The van der Waals surface area contributed by atoms with Crippen molar-refractivity contribution in [3.63, 3.8) is 0 Å². The summed E-state index contributed by atoms with van der Waals surface area (Å²) in [6.07, 6.45) is 5.49. The molecule has 7 heterocycles. The van der Waals surface area contributed by atoms with E-state index in [1.165, 1.54) is 0 Å². The molecule has 7 fully saturated rings. The van der Waals surface area contributed by atoms with Crippen molar-refractivity contribution in [1.82, 2.24) is 0 Å². The molecule has 0 unspecified atom stereocenters. The third-order valence-electron chi connectivity index (χ3n) is 21.8. The van der Waals surface area contributed by atoms with E-state index in [4.69, 9.17) is 65.2 Å². The third kappa shape index (κ3) is 12.3. The fourth-order valence-electron chi connectivity index (χ4n) is 11.5. The minimum atomic E-state index is -0.601. The van der Waals surface area contributed by atoms with E-state index in [2.05, 4.69) is 194 Å². The van der Waals surface area contributed by atoms with Crippen molar-refractivity contribution in [2.75, 3.05) is 0 Å². The van der Waals surface area contributed by atoms with E-state index in [1.54, 1.807) is 0 Å². The molecule has 430 valence electrons. The topological polar surface area (TPSA) is 129 Å². The van der Waals surface area contributed by atoms with Crippen LogP contribution in [0.5, 0.6) is 0 Å². The van der Waals surface area contributed by atoms with Gasteiger partial charge in [-0.15, -0.1) is 0 Å². The SMILES string of the molecule is CC1(C)OB(CCC[C@@H](C[C@H](C[C@@H](C[C@H](C[C@H](CB2OC(C)(C)C(C)(C)O2)B2OC(C)(C)C(C)(C)O2)B2OC(C)(C)C(C)(C)O2)B2OC(C)(C)C(C)(C)O2)B2OC(C)(C)C(C)(C)O2)B2OC(C)(C)C(C)(C)O2)OC1(C)C. The first-order chi connectivity index (χ1) is 34.0. The van der Waals surface area contributed by atoms with Gasteiger partial charge in [0.05, 0.1) is 78.4 Å². The highest BCUT2D eigenvalue weighted by molar-refractivity contribution is 6.55. The molecule has 14 nitrogen and oxygen atoms in total. The van der Waals surface area contributed by atoms with Gasteiger partial charge in [0.1, 0.15) is 0 Å². The molecule has 7 aliphatic heterocycles. The van der Waals surface area contributed by atoms with Gasteiger partial charge in [-0.25, -0.2) is 0 Å². The van der Waals surface area contributed by atoms with Crippen LogP contribution < -0.4 is 0 Å². The van der Waals surface area contributed by atoms with Gasteiger partial charge in [-0.2, -0.15) is 0 Å². The highest BCUT2D eigenvalue weighted by Gasteiger charge is 2.64. The molecule has 5 atom stereocenters. The average molecular weight is 1070 g/mol. The van der Waals surface area contributed by atoms with Gasteiger partial charge in [0.25, 0.3) is 0 Å². The maximum absolute atomic E-state index is 7.19. The Labute approximate surface area is 465 Å². The van der Waals surface area contributed by atoms with Gasteiger partial charge in [0.15, 0.2) is 0 Å². The van der Waals surface area contributed by atoms with Gasteiger partial charge >= 0.3 is 49.8 Å². The molecular weight excluding hydrogens is 960 g/mol. The molecule has 0 saturated carbocycles. The van der Waals surface area contributed by atoms with Crippen molar-refractivity contribution in [2.24, 2.45) is 0 Å². The number of hydrogen-bond donors (Lipinski definition) is 0. The molecule has 0 spiro atoms. The Balaban J connectivity index is 1.30. The van der Waals surface area contributed by atoms with Gasteiger partial charge in [-0.05, 0) is 236 Å². The monoisotopic (exact) mass is 1070 g/mol. The molecule has 0 amide bonds. The molecule has 0 radical (unpaired) electrons. The molecule has 0 aliphatic carbocycles. The molecule has 0 aromatic rings. The molecule has 7 aliphatic rings. The first kappa shape index (κ1) is 63.5. The lowest BCUT2D eigenvalue weighted by Crippen LogP contribution is -2.41. The predicted molar refractivity (Wildman–Crippen MR) is 309 cm³/mol. The van der Waals surface area contributed by atoms with Crippen LogP contribution >= 0.6 is 0 Å². The van der Waals surface area contributed by atoms with Gasteiger partial charge in [0.2, 0.25) is 0 Å². The maximum Gasteiger partial charge on any atom is 0.461 e. The number of rotatable bonds is 19. The Morgan fingerprint density at radius 3 is 0.671 bits per heavy atom. The van der Waals surface area contributed by atoms with Gasteiger partial charge in [-0.3, -0.25) is 0 Å². The van der Waals surface area contributed by atoms with Gasteiger partial charge in [-0.1, -0.05) is 38.5 Å². The molecule has 21 heteroatoms. The smallest absolute Gasteiger partial charge is 0.403 e. The van der Waals surface area contributed by atoms with Crippen LogP contribution in [0.3, 0.4) is 0 Å². The van der Waals surface area contributed by atoms with E-state index in [1.807, 2.05) is 0 Å². The van der Waals surface area contributed by atoms with Crippen LogP contribution in [0.1, 0.15) is 232 Å². The zero-order valence-corrected chi connectivity index (χ0v) is 53.3. The van der Waals surface area contributed by atoms with Crippen molar-refractivity contribution in [3.05, 3.63) is 0 Å². The minimum Gasteiger partial charge on any atom is -0.403 e. The standard InChI is InChI=1S/C55H105B7O14/c1-42(2)43(3,4)64-56(63-42)31-29-30-37(58-67-46(9,10)47(11,12)68-58)32-38(59-69-48(13,14)49(15,16)70-59)33-39(60-71-50(17,18)51(19,20)72-60)34-40(61-73-52(21,22)53(23,24)74-61)35-41(62-75-54(25,26)55(27,28)76-62)36-57-65-44(5,6)45(7,8)66-57/h37-41H,29-36H2,1-28H3/t37-,38+,39-,40+,41+/m0/s1. The fourth-order valence-corrected chi connectivity index (χ4v) is 11.5. The van der Waals surface area contributed by atoms with E-state index in [0.29, 0.717) is 32.0 Å². The number of hydrogen-bond acceptors (Lipinski definition) is 14. The summed E-state index contributed by atoms with van der Waals surface area (Å²) in [6.45, 7) is 59.4. The van der Waals surface area contributed by atoms with Crippen LogP contribution in [-0.4, -0.2) is 128 Å². The Hall–Kier alpha value is -0.105. The minimum absolute atomic E-state index is 0.0435. The molecular formula is C55H105B7O14. The lowest BCUT2D eigenvalue weighted by Gasteiger charge is -2.34. The molecule has 0 N–H and O–H groups in total. The van der Waals surface area contributed by atoms with E-state index < -0.39 is 121 Å². The van der Waals surface area contributed by atoms with Crippen molar-refractivity contribution in [1.29, 1.82) is 0 Å². The Morgan fingerprint density at radius 1 is 0.224 bits per heavy atom. The zero-order valence-electron chi connectivity index (χ0n) is 53.3. The normalized spacial score (nSPS) is 31.3. The Kier molecular flexibility index (Phi) is 17.0. The second-order valence-electron chi connectivity index (χ2n) is 31.4. The summed E-state index contributed by atoms with van der Waals surface area (Å²) in [6, 6.07) is 0. The molecule has 0 aromatic heterocycles. The van der Waals surface area contributed by atoms with Gasteiger partial charge < -0.3 is 65.2 Å². The van der Waals surface area contributed by atoms with Crippen molar-refractivity contribution >= 4 is 49.8 Å². The first-order valence-electron chi connectivity index (χ1n) is 29.5. The second-order valence-corrected chi connectivity index (χ2v) is 31.4. The summed E-state index contributed by atoms with van der Waals surface area (Å²) in [7, 11) is -3.56. The largest absolute Gasteiger partial charge is 0.461 e. The van der Waals surface area contributed by atoms with Crippen LogP contribution in [0.25, 0.3) is 0 Å². The van der Waals surface area contributed by atoms with E-state index >= 15 is 0 Å². The van der Waals surface area contributed by atoms with E-state index in [0.717, 1.165) is 19.2 Å². The summed E-state index contributed by atoms with van der Waals surface area (Å²) in [5.74, 6) is -0.788. The fraction of sp³-hybridized carbons (Fsp3) is 1.00. The lowest BCUT2D eigenvalue weighted by atomic mass is 9.49. The van der Waals surface area contributed by atoms with Crippen LogP contribution in [0.4, 0.5) is 0 Å². The summed E-state index contributed by atoms with van der Waals surface area (Å²) >= 11 is 0. The summed E-state index contributed by atoms with van der Waals surface area (Å²) < 4.78 is 97.5. The lowest BCUT2D eigenvalue weighted by molar-refractivity contribution is 0.00578. The van der Waals surface area contributed by atoms with Crippen LogP contribution in [0.15, 0.2) is 0 Å².